The molecule has 0 amide bonds. The van der Waals surface area contributed by atoms with Crippen LogP contribution in [0.2, 0.25) is 0 Å². The molecule has 0 bridgehead atoms. The molecule has 0 spiro atoms. The smallest absolute Gasteiger partial charge is 0.310 e. The van der Waals surface area contributed by atoms with Crippen LogP contribution in [0.1, 0.15) is 20.8 Å². The highest BCUT2D eigenvalue weighted by atomic mass is 32.2. The van der Waals surface area contributed by atoms with Crippen molar-refractivity contribution in [3.05, 3.63) is 30.3 Å². The molecule has 4 nitrogen and oxygen atoms in total. The van der Waals surface area contributed by atoms with Gasteiger partial charge in [-0.15, -0.1) is 11.8 Å². The number of hydrogen-bond donors (Lipinski definition) is 0. The summed E-state index contributed by atoms with van der Waals surface area (Å²) in [6.45, 7) is 6.32. The summed E-state index contributed by atoms with van der Waals surface area (Å²) in [5, 5.41) is 0. The molecule has 0 aromatic heterocycles. The molecule has 4 atom stereocenters. The normalized spacial score (nSPS) is 33.9. The van der Waals surface area contributed by atoms with Crippen LogP contribution >= 0.6 is 11.8 Å². The Labute approximate surface area is 135 Å². The summed E-state index contributed by atoms with van der Waals surface area (Å²) in [5.74, 6) is 0.0634. The van der Waals surface area contributed by atoms with E-state index in [1.54, 1.807) is 11.8 Å². The van der Waals surface area contributed by atoms with Gasteiger partial charge < -0.3 is 14.2 Å². The topological polar surface area (TPSA) is 44.8 Å². The van der Waals surface area contributed by atoms with Gasteiger partial charge in [-0.3, -0.25) is 4.79 Å². The Morgan fingerprint density at radius 3 is 2.64 bits per heavy atom. The van der Waals surface area contributed by atoms with E-state index < -0.39 is 5.79 Å². The molecule has 2 fully saturated rings. The van der Waals surface area contributed by atoms with Crippen molar-refractivity contribution in [1.29, 1.82) is 0 Å². The van der Waals surface area contributed by atoms with E-state index in [4.69, 9.17) is 14.2 Å². The van der Waals surface area contributed by atoms with Crippen molar-refractivity contribution in [2.45, 2.75) is 43.7 Å². The Hall–Kier alpha value is -1.04. The molecule has 0 radical (unpaired) electrons. The molecule has 0 saturated carbocycles. The highest BCUT2D eigenvalue weighted by Gasteiger charge is 2.49. The number of cyclic esters (lactones) is 1. The summed E-state index contributed by atoms with van der Waals surface area (Å²) < 4.78 is 17.0. The second kappa shape index (κ2) is 6.22. The molecular weight excluding hydrogens is 300 g/mol. The van der Waals surface area contributed by atoms with Crippen LogP contribution in [0, 0.1) is 11.8 Å². The van der Waals surface area contributed by atoms with Crippen molar-refractivity contribution in [3.63, 3.8) is 0 Å². The molecule has 22 heavy (non-hydrogen) atoms. The Morgan fingerprint density at radius 1 is 1.27 bits per heavy atom. The van der Waals surface area contributed by atoms with Crippen LogP contribution in [0.15, 0.2) is 35.2 Å². The molecule has 120 valence electrons. The molecule has 2 aliphatic heterocycles. The Kier molecular flexibility index (Phi) is 4.48. The third-order valence-corrected chi connectivity index (χ3v) is 5.41. The van der Waals surface area contributed by atoms with E-state index in [-0.39, 0.29) is 30.0 Å². The molecular formula is C17H22O4S. The van der Waals surface area contributed by atoms with E-state index in [1.165, 1.54) is 4.90 Å². The highest BCUT2D eigenvalue weighted by molar-refractivity contribution is 7.99. The first kappa shape index (κ1) is 15.8. The molecule has 2 heterocycles. The number of esters is 1. The molecule has 1 aromatic rings. The van der Waals surface area contributed by atoms with Gasteiger partial charge in [-0.05, 0) is 26.0 Å². The van der Waals surface area contributed by atoms with Crippen molar-refractivity contribution in [3.8, 4) is 0 Å². The van der Waals surface area contributed by atoms with Gasteiger partial charge in [0.1, 0.15) is 12.2 Å². The molecule has 0 aliphatic carbocycles. The largest absolute Gasteiger partial charge is 0.459 e. The first-order chi connectivity index (χ1) is 10.5. The zero-order valence-electron chi connectivity index (χ0n) is 13.2. The van der Waals surface area contributed by atoms with Gasteiger partial charge in [-0.2, -0.15) is 0 Å². The van der Waals surface area contributed by atoms with Gasteiger partial charge in [0.05, 0.1) is 12.5 Å². The van der Waals surface area contributed by atoms with Crippen molar-refractivity contribution in [1.82, 2.24) is 0 Å². The number of carbonyl (C=O) groups excluding carboxylic acids is 1. The minimum atomic E-state index is -0.590. The molecule has 2 saturated heterocycles. The quantitative estimate of drug-likeness (QED) is 0.629. The van der Waals surface area contributed by atoms with Gasteiger partial charge in [0.2, 0.25) is 0 Å². The second-order valence-corrected chi connectivity index (χ2v) is 7.45. The van der Waals surface area contributed by atoms with Crippen molar-refractivity contribution < 1.29 is 19.0 Å². The van der Waals surface area contributed by atoms with Crippen molar-refractivity contribution >= 4 is 17.7 Å². The fourth-order valence-corrected chi connectivity index (χ4v) is 4.15. The summed E-state index contributed by atoms with van der Waals surface area (Å²) in [7, 11) is 0. The van der Waals surface area contributed by atoms with Crippen LogP contribution < -0.4 is 0 Å². The molecule has 1 aromatic carbocycles. The highest BCUT2D eigenvalue weighted by Crippen LogP contribution is 2.38. The lowest BCUT2D eigenvalue weighted by Gasteiger charge is -2.23. The average molecular weight is 322 g/mol. The predicted molar refractivity (Wildman–Crippen MR) is 84.6 cm³/mol. The zero-order chi connectivity index (χ0) is 15.7. The second-order valence-electron chi connectivity index (χ2n) is 6.36. The Morgan fingerprint density at radius 2 is 2.00 bits per heavy atom. The van der Waals surface area contributed by atoms with E-state index in [0.29, 0.717) is 6.61 Å². The summed E-state index contributed by atoms with van der Waals surface area (Å²) >= 11 is 1.70. The molecule has 5 heteroatoms. The summed E-state index contributed by atoms with van der Waals surface area (Å²) in [6.07, 6.45) is -0.378. The zero-order valence-corrected chi connectivity index (χ0v) is 14.0. The van der Waals surface area contributed by atoms with E-state index in [1.807, 2.05) is 32.0 Å². The third-order valence-electron chi connectivity index (χ3n) is 4.28. The van der Waals surface area contributed by atoms with Gasteiger partial charge in [0, 0.05) is 16.6 Å². The number of hydrogen-bond acceptors (Lipinski definition) is 5. The maximum atomic E-state index is 12.2. The van der Waals surface area contributed by atoms with Crippen molar-refractivity contribution in [2.75, 3.05) is 12.4 Å². The predicted octanol–water partition coefficient (Wildman–Crippen LogP) is 3.11. The van der Waals surface area contributed by atoms with Crippen LogP contribution in [-0.4, -0.2) is 36.3 Å². The lowest BCUT2D eigenvalue weighted by atomic mass is 9.91. The molecule has 0 unspecified atom stereocenters. The minimum Gasteiger partial charge on any atom is -0.459 e. The fourth-order valence-electron chi connectivity index (χ4n) is 2.99. The first-order valence-corrected chi connectivity index (χ1v) is 8.65. The van der Waals surface area contributed by atoms with Gasteiger partial charge in [-0.1, -0.05) is 25.1 Å². The van der Waals surface area contributed by atoms with Crippen LogP contribution in [0.3, 0.4) is 0 Å². The van der Waals surface area contributed by atoms with Crippen LogP contribution in [0.25, 0.3) is 0 Å². The lowest BCUT2D eigenvalue weighted by molar-refractivity contribution is -0.164. The molecule has 0 N–H and O–H groups in total. The first-order valence-electron chi connectivity index (χ1n) is 7.66. The van der Waals surface area contributed by atoms with E-state index in [9.17, 15) is 4.79 Å². The SMILES string of the molecule is C[C@H]1[C@@H]([C@H]2COC(C)(C)O2)OC(=O)[C@@H]1CSc1ccccc1. The summed E-state index contributed by atoms with van der Waals surface area (Å²) in [4.78, 5) is 13.4. The monoisotopic (exact) mass is 322 g/mol. The van der Waals surface area contributed by atoms with E-state index >= 15 is 0 Å². The lowest BCUT2D eigenvalue weighted by Crippen LogP contribution is -2.35. The fraction of sp³-hybridized carbons (Fsp3) is 0.588. The van der Waals surface area contributed by atoms with Gasteiger partial charge in [0.15, 0.2) is 5.79 Å². The molecule has 2 aliphatic rings. The molecule has 3 rings (SSSR count). The number of carbonyl (C=O) groups is 1. The maximum absolute atomic E-state index is 12.2. The summed E-state index contributed by atoms with van der Waals surface area (Å²) in [5.41, 5.74) is 0. The van der Waals surface area contributed by atoms with Gasteiger partial charge in [-0.25, -0.2) is 0 Å². The number of ether oxygens (including phenoxy) is 3. The maximum Gasteiger partial charge on any atom is 0.310 e. The minimum absolute atomic E-state index is 0.0949. The van der Waals surface area contributed by atoms with Gasteiger partial charge >= 0.3 is 5.97 Å². The van der Waals surface area contributed by atoms with Crippen LogP contribution in [0.4, 0.5) is 0 Å². The number of thioether (sulfide) groups is 1. The Balaban J connectivity index is 1.61. The van der Waals surface area contributed by atoms with Gasteiger partial charge in [0.25, 0.3) is 0 Å². The Bertz CT molecular complexity index is 531. The van der Waals surface area contributed by atoms with E-state index in [0.717, 1.165) is 5.75 Å². The standard InChI is InChI=1S/C17H22O4S/c1-11-13(10-22-12-7-5-4-6-8-12)16(18)20-15(11)14-9-19-17(2,3)21-14/h4-8,11,13-15H,9-10H2,1-3H3/t11-,13-,14-,15+/m1/s1. The number of benzene rings is 1. The van der Waals surface area contributed by atoms with Crippen LogP contribution in [0.5, 0.6) is 0 Å². The van der Waals surface area contributed by atoms with Crippen LogP contribution in [-0.2, 0) is 19.0 Å². The van der Waals surface area contributed by atoms with Crippen molar-refractivity contribution in [2.24, 2.45) is 11.8 Å². The third kappa shape index (κ3) is 3.31. The summed E-state index contributed by atoms with van der Waals surface area (Å²) in [6, 6.07) is 10.1. The number of rotatable bonds is 4. The van der Waals surface area contributed by atoms with E-state index in [2.05, 4.69) is 19.1 Å². The average Bonchev–Trinajstić information content (AvgIpc) is 2.98.